The molecule has 0 heterocycles. The summed E-state index contributed by atoms with van der Waals surface area (Å²) in [5, 5.41) is 3.16. The first kappa shape index (κ1) is 20.9. The van der Waals surface area contributed by atoms with Crippen molar-refractivity contribution in [3.05, 3.63) is 0 Å². The van der Waals surface area contributed by atoms with Crippen molar-refractivity contribution in [1.29, 1.82) is 0 Å². The summed E-state index contributed by atoms with van der Waals surface area (Å²) in [5.41, 5.74) is 0.255. The minimum atomic E-state index is -0.0431. The minimum Gasteiger partial charge on any atom is -0.374 e. The highest BCUT2D eigenvalue weighted by Gasteiger charge is 2.38. The molecule has 0 spiro atoms. The lowest BCUT2D eigenvalue weighted by Crippen LogP contribution is -2.43. The molecule has 2 heteroatoms. The van der Waals surface area contributed by atoms with Gasteiger partial charge in [-0.1, -0.05) is 66.2 Å². The molecule has 0 aromatic carbocycles. The number of rotatable bonds is 12. The first-order valence-electron chi connectivity index (χ1n) is 9.04. The summed E-state index contributed by atoms with van der Waals surface area (Å²) in [6.45, 7) is 15.6. The largest absolute Gasteiger partial charge is 0.374 e. The molecule has 0 aliphatic rings. The average Bonchev–Trinajstić information content (AvgIpc) is 2.36. The Morgan fingerprint density at radius 1 is 0.905 bits per heavy atom. The van der Waals surface area contributed by atoms with Gasteiger partial charge < -0.3 is 10.1 Å². The quantitative estimate of drug-likeness (QED) is 0.486. The first-order valence-corrected chi connectivity index (χ1v) is 9.04. The summed E-state index contributed by atoms with van der Waals surface area (Å²) >= 11 is 0. The summed E-state index contributed by atoms with van der Waals surface area (Å²) in [7, 11) is 1.98. The summed E-state index contributed by atoms with van der Waals surface area (Å²) in [5.74, 6) is 0.605. The Hall–Kier alpha value is -0.0800. The van der Waals surface area contributed by atoms with Crippen LogP contribution in [0.3, 0.4) is 0 Å². The van der Waals surface area contributed by atoms with Crippen molar-refractivity contribution in [3.63, 3.8) is 0 Å². The van der Waals surface area contributed by atoms with Gasteiger partial charge in [-0.3, -0.25) is 0 Å². The van der Waals surface area contributed by atoms with Crippen LogP contribution in [0.25, 0.3) is 0 Å². The van der Waals surface area contributed by atoms with E-state index >= 15 is 0 Å². The van der Waals surface area contributed by atoms with Gasteiger partial charge in [0.15, 0.2) is 0 Å². The van der Waals surface area contributed by atoms with Crippen molar-refractivity contribution >= 4 is 0 Å². The Morgan fingerprint density at radius 3 is 2.00 bits per heavy atom. The molecule has 0 radical (unpaired) electrons. The zero-order valence-corrected chi connectivity index (χ0v) is 15.8. The molecule has 0 aliphatic carbocycles. The van der Waals surface area contributed by atoms with Crippen molar-refractivity contribution in [2.75, 3.05) is 20.2 Å². The molecule has 0 saturated heterocycles. The molecule has 0 rings (SSSR count). The van der Waals surface area contributed by atoms with E-state index in [1.165, 1.54) is 44.9 Å². The molecule has 0 aromatic rings. The van der Waals surface area contributed by atoms with Gasteiger partial charge in [-0.05, 0) is 38.6 Å². The Kier molecular flexibility index (Phi) is 10.6. The summed E-state index contributed by atoms with van der Waals surface area (Å²) in [4.78, 5) is 0. The Bertz CT molecular complexity index is 242. The molecule has 128 valence electrons. The molecular weight excluding hydrogens is 258 g/mol. The number of unbranched alkanes of at least 4 members (excludes halogenated alkanes) is 5. The van der Waals surface area contributed by atoms with Gasteiger partial charge in [0.2, 0.25) is 0 Å². The van der Waals surface area contributed by atoms with Gasteiger partial charge in [0.1, 0.15) is 0 Å². The monoisotopic (exact) mass is 299 g/mol. The third-order valence-electron chi connectivity index (χ3n) is 4.56. The van der Waals surface area contributed by atoms with Gasteiger partial charge >= 0.3 is 0 Å². The average molecular weight is 300 g/mol. The Labute approximate surface area is 134 Å². The first-order chi connectivity index (χ1) is 9.75. The van der Waals surface area contributed by atoms with Gasteiger partial charge in [0.25, 0.3) is 0 Å². The van der Waals surface area contributed by atoms with E-state index in [4.69, 9.17) is 4.74 Å². The van der Waals surface area contributed by atoms with Crippen molar-refractivity contribution in [3.8, 4) is 0 Å². The SMILES string of the molecule is CCCCCCCCC(C(C)(C)C)C(C)(C)OCCNC. The maximum absolute atomic E-state index is 6.19. The second-order valence-electron chi connectivity index (χ2n) is 8.03. The molecule has 1 N–H and O–H groups in total. The van der Waals surface area contributed by atoms with Gasteiger partial charge in [0, 0.05) is 6.54 Å². The summed E-state index contributed by atoms with van der Waals surface area (Å²) in [6.07, 6.45) is 9.51. The molecule has 0 bridgehead atoms. The zero-order chi connectivity index (χ0) is 16.4. The van der Waals surface area contributed by atoms with E-state index in [0.29, 0.717) is 11.3 Å². The van der Waals surface area contributed by atoms with E-state index in [9.17, 15) is 0 Å². The summed E-state index contributed by atoms with van der Waals surface area (Å²) < 4.78 is 6.19. The van der Waals surface area contributed by atoms with Crippen LogP contribution < -0.4 is 5.32 Å². The third-order valence-corrected chi connectivity index (χ3v) is 4.56. The number of nitrogens with one attached hydrogen (secondary N) is 1. The zero-order valence-electron chi connectivity index (χ0n) is 15.8. The van der Waals surface area contributed by atoms with Crippen LogP contribution in [-0.4, -0.2) is 25.8 Å². The lowest BCUT2D eigenvalue weighted by Gasteiger charge is -2.43. The predicted octanol–water partition coefficient (Wildman–Crippen LogP) is 5.41. The molecule has 1 unspecified atom stereocenters. The van der Waals surface area contributed by atoms with Crippen LogP contribution in [0.1, 0.15) is 86.5 Å². The second-order valence-corrected chi connectivity index (χ2v) is 8.03. The maximum Gasteiger partial charge on any atom is 0.0660 e. The van der Waals surface area contributed by atoms with Crippen molar-refractivity contribution in [2.45, 2.75) is 92.1 Å². The highest BCUT2D eigenvalue weighted by Crippen LogP contribution is 2.40. The van der Waals surface area contributed by atoms with Gasteiger partial charge in [0.05, 0.1) is 12.2 Å². The predicted molar refractivity (Wildman–Crippen MR) is 94.9 cm³/mol. The van der Waals surface area contributed by atoms with Gasteiger partial charge in [-0.15, -0.1) is 0 Å². The molecule has 2 nitrogen and oxygen atoms in total. The Balaban J connectivity index is 4.31. The molecule has 21 heavy (non-hydrogen) atoms. The van der Waals surface area contributed by atoms with E-state index in [1.807, 2.05) is 7.05 Å². The van der Waals surface area contributed by atoms with Crippen LogP contribution in [0.2, 0.25) is 0 Å². The topological polar surface area (TPSA) is 21.3 Å². The van der Waals surface area contributed by atoms with E-state index in [-0.39, 0.29) is 5.60 Å². The van der Waals surface area contributed by atoms with Crippen molar-refractivity contribution in [1.82, 2.24) is 5.32 Å². The minimum absolute atomic E-state index is 0.0431. The molecule has 0 fully saturated rings. The van der Waals surface area contributed by atoms with Gasteiger partial charge in [-0.25, -0.2) is 0 Å². The van der Waals surface area contributed by atoms with Crippen LogP contribution >= 0.6 is 0 Å². The fraction of sp³-hybridized carbons (Fsp3) is 1.00. The summed E-state index contributed by atoms with van der Waals surface area (Å²) in [6, 6.07) is 0. The highest BCUT2D eigenvalue weighted by molar-refractivity contribution is 4.88. The van der Waals surface area contributed by atoms with E-state index in [0.717, 1.165) is 13.2 Å². The molecule has 0 aromatic heterocycles. The molecule has 0 amide bonds. The highest BCUT2D eigenvalue weighted by atomic mass is 16.5. The van der Waals surface area contributed by atoms with Crippen LogP contribution in [0.4, 0.5) is 0 Å². The van der Waals surface area contributed by atoms with Crippen LogP contribution in [0.5, 0.6) is 0 Å². The second kappa shape index (κ2) is 10.6. The molecule has 1 atom stereocenters. The van der Waals surface area contributed by atoms with E-state index in [2.05, 4.69) is 46.9 Å². The number of hydrogen-bond acceptors (Lipinski definition) is 2. The maximum atomic E-state index is 6.19. The van der Waals surface area contributed by atoms with Crippen LogP contribution in [0, 0.1) is 11.3 Å². The molecule has 0 aliphatic heterocycles. The third kappa shape index (κ3) is 9.52. The smallest absolute Gasteiger partial charge is 0.0660 e. The number of likely N-dealkylation sites (N-methyl/N-ethyl adjacent to an activating group) is 1. The fourth-order valence-corrected chi connectivity index (χ4v) is 3.47. The van der Waals surface area contributed by atoms with Crippen molar-refractivity contribution < 1.29 is 4.74 Å². The Morgan fingerprint density at radius 2 is 1.48 bits per heavy atom. The van der Waals surface area contributed by atoms with Crippen LogP contribution in [0.15, 0.2) is 0 Å². The number of ether oxygens (including phenoxy) is 1. The number of hydrogen-bond donors (Lipinski definition) is 1. The van der Waals surface area contributed by atoms with E-state index < -0.39 is 0 Å². The lowest BCUT2D eigenvalue weighted by molar-refractivity contribution is -0.0936. The molecular formula is C19H41NO. The lowest BCUT2D eigenvalue weighted by atomic mass is 9.69. The van der Waals surface area contributed by atoms with Gasteiger partial charge in [-0.2, -0.15) is 0 Å². The standard InChI is InChI=1S/C19H41NO/c1-8-9-10-11-12-13-14-17(18(2,3)4)19(5,6)21-16-15-20-7/h17,20H,8-16H2,1-7H3. The normalized spacial score (nSPS) is 14.4. The fourth-order valence-electron chi connectivity index (χ4n) is 3.47. The van der Waals surface area contributed by atoms with Crippen LogP contribution in [-0.2, 0) is 4.74 Å². The molecule has 0 saturated carbocycles. The van der Waals surface area contributed by atoms with Crippen molar-refractivity contribution in [2.24, 2.45) is 11.3 Å². The van der Waals surface area contributed by atoms with E-state index in [1.54, 1.807) is 0 Å².